The molecule has 3 N–H and O–H groups in total. The fraction of sp³-hybridized carbons (Fsp3) is 0.600. The normalized spacial score (nSPS) is 11.4. The van der Waals surface area contributed by atoms with E-state index in [0.29, 0.717) is 6.61 Å². The van der Waals surface area contributed by atoms with E-state index in [-0.39, 0.29) is 24.9 Å². The number of nitrogen functional groups attached to an aromatic ring is 1. The van der Waals surface area contributed by atoms with Gasteiger partial charge in [-0.15, -0.1) is 0 Å². The lowest BCUT2D eigenvalue weighted by molar-refractivity contribution is -0.145. The fourth-order valence-electron chi connectivity index (χ4n) is 1.15. The number of anilines is 1. The second kappa shape index (κ2) is 7.10. The third-order valence-corrected chi connectivity index (χ3v) is 1.93. The van der Waals surface area contributed by atoms with Crippen molar-refractivity contribution >= 4 is 5.82 Å². The Morgan fingerprint density at radius 3 is 2.58 bits per heavy atom. The molecular formula is C10H15F3N4O2. The Kier molecular flexibility index (Phi) is 5.77. The zero-order valence-corrected chi connectivity index (χ0v) is 10.3. The molecule has 0 unspecified atom stereocenters. The van der Waals surface area contributed by atoms with E-state index in [9.17, 15) is 13.2 Å². The molecule has 0 saturated heterocycles. The Hall–Kier alpha value is -1.61. The van der Waals surface area contributed by atoms with Gasteiger partial charge in [-0.05, 0) is 6.42 Å². The first-order chi connectivity index (χ1) is 8.97. The number of hydrazine groups is 1. The molecule has 6 nitrogen and oxygen atoms in total. The SMILES string of the molecule is CCCOCCOc1cc(NN)nc(C(F)(F)F)n1. The number of hydrogen-bond donors (Lipinski definition) is 2. The summed E-state index contributed by atoms with van der Waals surface area (Å²) in [5.41, 5.74) is 2.03. The van der Waals surface area contributed by atoms with Gasteiger partial charge in [0.25, 0.3) is 0 Å². The van der Waals surface area contributed by atoms with Crippen molar-refractivity contribution < 1.29 is 22.6 Å². The number of alkyl halides is 3. The quantitative estimate of drug-likeness (QED) is 0.448. The van der Waals surface area contributed by atoms with Crippen LogP contribution in [-0.4, -0.2) is 29.8 Å². The van der Waals surface area contributed by atoms with E-state index < -0.39 is 12.0 Å². The summed E-state index contributed by atoms with van der Waals surface area (Å²) in [6, 6.07) is 1.18. The van der Waals surface area contributed by atoms with Crippen LogP contribution >= 0.6 is 0 Å². The molecule has 9 heteroatoms. The van der Waals surface area contributed by atoms with Crippen molar-refractivity contribution in [3.8, 4) is 5.88 Å². The van der Waals surface area contributed by atoms with Gasteiger partial charge in [-0.3, -0.25) is 0 Å². The van der Waals surface area contributed by atoms with Gasteiger partial charge in [-0.25, -0.2) is 10.8 Å². The molecule has 19 heavy (non-hydrogen) atoms. The minimum atomic E-state index is -4.66. The number of nitrogens with one attached hydrogen (secondary N) is 1. The van der Waals surface area contributed by atoms with Crippen LogP contribution in [0.5, 0.6) is 5.88 Å². The average molecular weight is 280 g/mol. The molecule has 0 aromatic carbocycles. The first kappa shape index (κ1) is 15.4. The lowest BCUT2D eigenvalue weighted by atomic mass is 10.5. The maximum absolute atomic E-state index is 12.5. The fourth-order valence-corrected chi connectivity index (χ4v) is 1.15. The van der Waals surface area contributed by atoms with Gasteiger partial charge in [0.05, 0.1) is 6.61 Å². The molecular weight excluding hydrogens is 265 g/mol. The van der Waals surface area contributed by atoms with Crippen LogP contribution in [0.25, 0.3) is 0 Å². The highest BCUT2D eigenvalue weighted by Crippen LogP contribution is 2.28. The first-order valence-corrected chi connectivity index (χ1v) is 5.60. The Morgan fingerprint density at radius 2 is 2.00 bits per heavy atom. The van der Waals surface area contributed by atoms with Gasteiger partial charge in [-0.2, -0.15) is 18.2 Å². The first-order valence-electron chi connectivity index (χ1n) is 5.60. The Bertz CT molecular complexity index is 401. The largest absolute Gasteiger partial charge is 0.475 e. The van der Waals surface area contributed by atoms with Crippen LogP contribution in [0.15, 0.2) is 6.07 Å². The molecule has 1 heterocycles. The van der Waals surface area contributed by atoms with E-state index in [2.05, 4.69) is 9.97 Å². The summed E-state index contributed by atoms with van der Waals surface area (Å²) in [5.74, 6) is 3.34. The Labute approximate surface area is 108 Å². The van der Waals surface area contributed by atoms with E-state index in [0.717, 1.165) is 6.42 Å². The van der Waals surface area contributed by atoms with Crippen LogP contribution < -0.4 is 16.0 Å². The maximum atomic E-state index is 12.5. The van der Waals surface area contributed by atoms with Crippen LogP contribution in [-0.2, 0) is 10.9 Å². The van der Waals surface area contributed by atoms with Gasteiger partial charge >= 0.3 is 6.18 Å². The summed E-state index contributed by atoms with van der Waals surface area (Å²) in [5, 5.41) is 0. The van der Waals surface area contributed by atoms with Crippen LogP contribution in [0.4, 0.5) is 19.0 Å². The van der Waals surface area contributed by atoms with Crippen LogP contribution in [0.2, 0.25) is 0 Å². The van der Waals surface area contributed by atoms with E-state index in [1.54, 1.807) is 0 Å². The number of halogens is 3. The summed E-state index contributed by atoms with van der Waals surface area (Å²) in [7, 11) is 0. The standard InChI is InChI=1S/C10H15F3N4O2/c1-2-3-18-4-5-19-8-6-7(17-14)15-9(16-8)10(11,12)13/h6H,2-5,14H2,1H3,(H,15,16,17). The predicted octanol–water partition coefficient (Wildman–Crippen LogP) is 1.59. The van der Waals surface area contributed by atoms with Gasteiger partial charge in [0.15, 0.2) is 0 Å². The van der Waals surface area contributed by atoms with Crippen molar-refractivity contribution in [1.29, 1.82) is 0 Å². The number of hydrogen-bond acceptors (Lipinski definition) is 6. The molecule has 108 valence electrons. The lowest BCUT2D eigenvalue weighted by Crippen LogP contribution is -2.17. The Balaban J connectivity index is 2.67. The van der Waals surface area contributed by atoms with E-state index in [4.69, 9.17) is 15.3 Å². The molecule has 0 amide bonds. The van der Waals surface area contributed by atoms with Crippen molar-refractivity contribution in [2.45, 2.75) is 19.5 Å². The molecule has 0 aliphatic rings. The second-order valence-corrected chi connectivity index (χ2v) is 3.52. The van der Waals surface area contributed by atoms with Crippen LogP contribution in [0.3, 0.4) is 0 Å². The highest BCUT2D eigenvalue weighted by Gasteiger charge is 2.35. The van der Waals surface area contributed by atoms with Crippen LogP contribution in [0, 0.1) is 0 Å². The zero-order valence-electron chi connectivity index (χ0n) is 10.3. The minimum absolute atomic E-state index is 0.0956. The van der Waals surface area contributed by atoms with Crippen molar-refractivity contribution in [2.24, 2.45) is 5.84 Å². The second-order valence-electron chi connectivity index (χ2n) is 3.52. The Morgan fingerprint density at radius 1 is 1.26 bits per heavy atom. The summed E-state index contributed by atoms with van der Waals surface area (Å²) in [6.45, 7) is 2.87. The van der Waals surface area contributed by atoms with Crippen molar-refractivity contribution in [1.82, 2.24) is 9.97 Å². The monoisotopic (exact) mass is 280 g/mol. The van der Waals surface area contributed by atoms with Crippen molar-refractivity contribution in [3.05, 3.63) is 11.9 Å². The molecule has 0 fully saturated rings. The summed E-state index contributed by atoms with van der Waals surface area (Å²) >= 11 is 0. The van der Waals surface area contributed by atoms with E-state index in [1.165, 1.54) is 6.07 Å². The number of nitrogens with two attached hydrogens (primary N) is 1. The van der Waals surface area contributed by atoms with Crippen molar-refractivity contribution in [2.75, 3.05) is 25.2 Å². The molecule has 0 aliphatic heterocycles. The smallest absolute Gasteiger partial charge is 0.451 e. The predicted molar refractivity (Wildman–Crippen MR) is 61.4 cm³/mol. The number of rotatable bonds is 7. The minimum Gasteiger partial charge on any atom is -0.475 e. The topological polar surface area (TPSA) is 82.3 Å². The summed E-state index contributed by atoms with van der Waals surface area (Å²) in [6.07, 6.45) is -3.81. The molecule has 1 rings (SSSR count). The van der Waals surface area contributed by atoms with Gasteiger partial charge in [0.1, 0.15) is 12.4 Å². The van der Waals surface area contributed by atoms with Gasteiger partial charge in [0.2, 0.25) is 11.7 Å². The van der Waals surface area contributed by atoms with Gasteiger partial charge in [-0.1, -0.05) is 6.92 Å². The molecule has 0 saturated carbocycles. The van der Waals surface area contributed by atoms with E-state index in [1.807, 2.05) is 12.3 Å². The molecule has 0 spiro atoms. The maximum Gasteiger partial charge on any atom is 0.451 e. The van der Waals surface area contributed by atoms with Gasteiger partial charge in [0, 0.05) is 12.7 Å². The highest BCUT2D eigenvalue weighted by molar-refractivity contribution is 5.37. The number of ether oxygens (including phenoxy) is 2. The molecule has 1 aromatic heterocycles. The third-order valence-electron chi connectivity index (χ3n) is 1.93. The molecule has 0 atom stereocenters. The van der Waals surface area contributed by atoms with Gasteiger partial charge < -0.3 is 14.9 Å². The average Bonchev–Trinajstić information content (AvgIpc) is 2.37. The summed E-state index contributed by atoms with van der Waals surface area (Å²) < 4.78 is 47.7. The lowest BCUT2D eigenvalue weighted by Gasteiger charge is -2.10. The highest BCUT2D eigenvalue weighted by atomic mass is 19.4. The molecule has 0 radical (unpaired) electrons. The van der Waals surface area contributed by atoms with Crippen molar-refractivity contribution in [3.63, 3.8) is 0 Å². The number of nitrogens with zero attached hydrogens (tertiary/aromatic N) is 2. The third kappa shape index (κ3) is 5.26. The molecule has 1 aromatic rings. The van der Waals surface area contributed by atoms with E-state index >= 15 is 0 Å². The molecule has 0 aliphatic carbocycles. The molecule has 0 bridgehead atoms. The summed E-state index contributed by atoms with van der Waals surface area (Å²) in [4.78, 5) is 6.46. The number of aromatic nitrogens is 2. The zero-order chi connectivity index (χ0) is 14.3. The van der Waals surface area contributed by atoms with Crippen LogP contribution in [0.1, 0.15) is 19.2 Å².